The molecule has 25 heavy (non-hydrogen) atoms. The minimum atomic E-state index is -0.840. The predicted molar refractivity (Wildman–Crippen MR) is 95.7 cm³/mol. The van der Waals surface area contributed by atoms with Crippen molar-refractivity contribution in [1.29, 1.82) is 0 Å². The van der Waals surface area contributed by atoms with Crippen LogP contribution in [0.3, 0.4) is 0 Å². The number of halogens is 2. The summed E-state index contributed by atoms with van der Waals surface area (Å²) in [5.41, 5.74) is -0.388. The van der Waals surface area contributed by atoms with Crippen LogP contribution in [0.25, 0.3) is 0 Å². The van der Waals surface area contributed by atoms with Crippen LogP contribution in [0.2, 0.25) is 10.0 Å². The van der Waals surface area contributed by atoms with Gasteiger partial charge in [-0.2, -0.15) is 0 Å². The second kappa shape index (κ2) is 6.84. The molecule has 0 radical (unpaired) electrons. The van der Waals surface area contributed by atoms with E-state index in [0.29, 0.717) is 34.5 Å². The summed E-state index contributed by atoms with van der Waals surface area (Å²) in [4.78, 5) is 38.1. The Kier molecular flexibility index (Phi) is 4.93. The maximum absolute atomic E-state index is 12.7. The van der Waals surface area contributed by atoms with E-state index in [0.717, 1.165) is 17.7 Å². The Morgan fingerprint density at radius 3 is 2.60 bits per heavy atom. The molecule has 6 nitrogen and oxygen atoms in total. The van der Waals surface area contributed by atoms with Gasteiger partial charge in [0.2, 0.25) is 5.91 Å². The summed E-state index contributed by atoms with van der Waals surface area (Å²) in [5, 5.41) is 6.10. The van der Waals surface area contributed by atoms with Crippen LogP contribution in [-0.4, -0.2) is 34.8 Å². The van der Waals surface area contributed by atoms with Gasteiger partial charge in [0.15, 0.2) is 0 Å². The number of nitrogens with one attached hydrogen (secondary N) is 2. The molecule has 8 heteroatoms. The Bertz CT molecular complexity index is 730. The van der Waals surface area contributed by atoms with Crippen LogP contribution in [0.1, 0.15) is 32.6 Å². The van der Waals surface area contributed by atoms with E-state index in [1.54, 1.807) is 12.1 Å². The van der Waals surface area contributed by atoms with Crippen molar-refractivity contribution in [3.8, 4) is 0 Å². The molecule has 0 unspecified atom stereocenters. The SMILES string of the molecule is CC1CCC2(CC1)NC(=O)N(CC(=O)Nc1ccc(Cl)c(Cl)c1)C2=O. The number of urea groups is 1. The van der Waals surface area contributed by atoms with Crippen LogP contribution in [0.5, 0.6) is 0 Å². The molecule has 1 saturated heterocycles. The van der Waals surface area contributed by atoms with Crippen molar-refractivity contribution < 1.29 is 14.4 Å². The maximum atomic E-state index is 12.7. The lowest BCUT2D eigenvalue weighted by Crippen LogP contribution is -2.49. The van der Waals surface area contributed by atoms with Gasteiger partial charge in [0.25, 0.3) is 5.91 Å². The first-order valence-electron chi connectivity index (χ1n) is 8.20. The second-order valence-corrected chi connectivity index (χ2v) is 7.58. The highest BCUT2D eigenvalue weighted by molar-refractivity contribution is 6.42. The largest absolute Gasteiger partial charge is 0.325 e. The molecular formula is C17H19Cl2N3O3. The number of hydrogen-bond acceptors (Lipinski definition) is 3. The zero-order valence-electron chi connectivity index (χ0n) is 13.8. The number of hydrogen-bond donors (Lipinski definition) is 2. The van der Waals surface area contributed by atoms with Crippen LogP contribution < -0.4 is 10.6 Å². The van der Waals surface area contributed by atoms with Gasteiger partial charge in [-0.1, -0.05) is 30.1 Å². The molecule has 2 fully saturated rings. The Balaban J connectivity index is 1.66. The molecule has 1 aliphatic heterocycles. The van der Waals surface area contributed by atoms with Crippen molar-refractivity contribution in [3.05, 3.63) is 28.2 Å². The van der Waals surface area contributed by atoms with E-state index in [9.17, 15) is 14.4 Å². The third-order valence-electron chi connectivity index (χ3n) is 4.88. The van der Waals surface area contributed by atoms with Gasteiger partial charge in [0, 0.05) is 5.69 Å². The standard InChI is InChI=1S/C17H19Cl2N3O3/c1-10-4-6-17(7-5-10)15(24)22(16(25)21-17)9-14(23)20-11-2-3-12(18)13(19)8-11/h2-3,8,10H,4-7,9H2,1H3,(H,20,23)(H,21,25). The molecule has 1 heterocycles. The second-order valence-electron chi connectivity index (χ2n) is 6.76. The van der Waals surface area contributed by atoms with Crippen LogP contribution in [0.15, 0.2) is 18.2 Å². The van der Waals surface area contributed by atoms with Crippen LogP contribution in [0.4, 0.5) is 10.5 Å². The fourth-order valence-electron chi connectivity index (χ4n) is 3.33. The molecule has 4 amide bonds. The zero-order chi connectivity index (χ0) is 18.2. The van der Waals surface area contributed by atoms with Crippen LogP contribution >= 0.6 is 23.2 Å². The van der Waals surface area contributed by atoms with Crippen molar-refractivity contribution in [2.24, 2.45) is 5.92 Å². The summed E-state index contributed by atoms with van der Waals surface area (Å²) < 4.78 is 0. The molecule has 1 aromatic carbocycles. The monoisotopic (exact) mass is 383 g/mol. The molecule has 1 aliphatic carbocycles. The summed E-state index contributed by atoms with van der Waals surface area (Å²) in [6.07, 6.45) is 3.00. The Labute approximate surface area is 155 Å². The van der Waals surface area contributed by atoms with Gasteiger partial charge in [-0.3, -0.25) is 14.5 Å². The van der Waals surface area contributed by atoms with E-state index in [1.807, 2.05) is 0 Å². The molecule has 3 rings (SSSR count). The van der Waals surface area contributed by atoms with E-state index in [2.05, 4.69) is 17.6 Å². The van der Waals surface area contributed by atoms with Crippen molar-refractivity contribution in [3.63, 3.8) is 0 Å². The number of rotatable bonds is 3. The number of carbonyl (C=O) groups excluding carboxylic acids is 3. The summed E-state index contributed by atoms with van der Waals surface area (Å²) in [6, 6.07) is 4.16. The van der Waals surface area contributed by atoms with E-state index >= 15 is 0 Å². The topological polar surface area (TPSA) is 78.5 Å². The molecule has 2 N–H and O–H groups in total. The van der Waals surface area contributed by atoms with Crippen molar-refractivity contribution in [2.45, 2.75) is 38.1 Å². The fraction of sp³-hybridized carbons (Fsp3) is 0.471. The average Bonchev–Trinajstić information content (AvgIpc) is 2.78. The van der Waals surface area contributed by atoms with Crippen molar-refractivity contribution in [2.75, 3.05) is 11.9 Å². The van der Waals surface area contributed by atoms with E-state index in [1.165, 1.54) is 6.07 Å². The third-order valence-corrected chi connectivity index (χ3v) is 5.62. The molecule has 1 aromatic rings. The lowest BCUT2D eigenvalue weighted by Gasteiger charge is -2.33. The van der Waals surface area contributed by atoms with Crippen LogP contribution in [0, 0.1) is 5.92 Å². The number of benzene rings is 1. The molecular weight excluding hydrogens is 365 g/mol. The average molecular weight is 384 g/mol. The smallest absolute Gasteiger partial charge is 0.324 e. The van der Waals surface area contributed by atoms with Gasteiger partial charge in [0.05, 0.1) is 10.0 Å². The molecule has 1 saturated carbocycles. The van der Waals surface area contributed by atoms with Gasteiger partial charge >= 0.3 is 6.03 Å². The van der Waals surface area contributed by atoms with Gasteiger partial charge < -0.3 is 10.6 Å². The fourth-order valence-corrected chi connectivity index (χ4v) is 3.63. The summed E-state index contributed by atoms with van der Waals surface area (Å²) in [6.45, 7) is 1.80. The Morgan fingerprint density at radius 1 is 1.28 bits per heavy atom. The molecule has 134 valence electrons. The quantitative estimate of drug-likeness (QED) is 0.784. The molecule has 0 atom stereocenters. The first-order chi connectivity index (χ1) is 11.8. The van der Waals surface area contributed by atoms with Crippen molar-refractivity contribution >= 4 is 46.7 Å². The minimum absolute atomic E-state index is 0.310. The van der Waals surface area contributed by atoms with Gasteiger partial charge in [-0.05, 0) is 49.8 Å². The summed E-state index contributed by atoms with van der Waals surface area (Å²) in [5.74, 6) is -0.237. The lowest BCUT2D eigenvalue weighted by atomic mass is 9.77. The Morgan fingerprint density at radius 2 is 1.96 bits per heavy atom. The zero-order valence-corrected chi connectivity index (χ0v) is 15.3. The number of carbonyl (C=O) groups is 3. The normalized spacial score (nSPS) is 26.0. The van der Waals surface area contributed by atoms with Crippen molar-refractivity contribution in [1.82, 2.24) is 10.2 Å². The van der Waals surface area contributed by atoms with Crippen LogP contribution in [-0.2, 0) is 9.59 Å². The Hall–Kier alpha value is -1.79. The minimum Gasteiger partial charge on any atom is -0.324 e. The first-order valence-corrected chi connectivity index (χ1v) is 8.95. The number of amides is 4. The predicted octanol–water partition coefficient (Wildman–Crippen LogP) is 3.43. The lowest BCUT2D eigenvalue weighted by molar-refractivity contribution is -0.135. The third kappa shape index (κ3) is 3.60. The highest BCUT2D eigenvalue weighted by atomic mass is 35.5. The highest BCUT2D eigenvalue weighted by Gasteiger charge is 2.52. The molecule has 0 aromatic heterocycles. The molecule has 1 spiro atoms. The number of imide groups is 1. The van der Waals surface area contributed by atoms with Gasteiger partial charge in [-0.25, -0.2) is 4.79 Å². The maximum Gasteiger partial charge on any atom is 0.325 e. The number of nitrogens with zero attached hydrogens (tertiary/aromatic N) is 1. The van der Waals surface area contributed by atoms with Gasteiger partial charge in [0.1, 0.15) is 12.1 Å². The van der Waals surface area contributed by atoms with Gasteiger partial charge in [-0.15, -0.1) is 0 Å². The summed E-state index contributed by atoms with van der Waals surface area (Å²) >= 11 is 11.7. The van der Waals surface area contributed by atoms with E-state index in [4.69, 9.17) is 23.2 Å². The molecule has 0 bridgehead atoms. The number of anilines is 1. The highest BCUT2D eigenvalue weighted by Crippen LogP contribution is 2.36. The van der Waals surface area contributed by atoms with E-state index < -0.39 is 17.5 Å². The molecule has 2 aliphatic rings. The first kappa shape index (κ1) is 18.0. The van der Waals surface area contributed by atoms with E-state index in [-0.39, 0.29) is 12.5 Å². The summed E-state index contributed by atoms with van der Waals surface area (Å²) in [7, 11) is 0.